The summed E-state index contributed by atoms with van der Waals surface area (Å²) in [7, 11) is 3.38. The van der Waals surface area contributed by atoms with Crippen LogP contribution in [0.25, 0.3) is 11.0 Å². The molecule has 0 saturated carbocycles. The third-order valence-corrected chi connectivity index (χ3v) is 3.27. The second-order valence-electron chi connectivity index (χ2n) is 4.57. The van der Waals surface area contributed by atoms with Crippen LogP contribution in [0.3, 0.4) is 0 Å². The number of carbonyl (C=O) groups excluding carboxylic acids is 1. The Bertz CT molecular complexity index is 624. The monoisotopic (exact) mass is 283 g/mol. The van der Waals surface area contributed by atoms with Crippen molar-refractivity contribution in [3.05, 3.63) is 29.8 Å². The minimum absolute atomic E-state index is 0.0602. The van der Waals surface area contributed by atoms with Crippen molar-refractivity contribution in [3.8, 4) is 0 Å². The molecular formula is C13H15ClFN3O. The van der Waals surface area contributed by atoms with Gasteiger partial charge in [0.25, 0.3) is 0 Å². The molecule has 2 aromatic rings. The summed E-state index contributed by atoms with van der Waals surface area (Å²) in [5.41, 5.74) is 1.22. The number of carbonyl (C=O) groups is 1. The Morgan fingerprint density at radius 1 is 1.53 bits per heavy atom. The molecule has 0 spiro atoms. The van der Waals surface area contributed by atoms with Crippen molar-refractivity contribution in [2.24, 2.45) is 0 Å². The standard InChI is InChI=1S/C13H15ClFN3O/c1-8(13(19)17(2)3)18-11-5-4-9(15)6-10(11)16-12(18)7-14/h4-6,8H,7H2,1-3H3. The predicted molar refractivity (Wildman–Crippen MR) is 72.7 cm³/mol. The molecule has 0 aliphatic carbocycles. The van der Waals surface area contributed by atoms with Crippen LogP contribution in [0.1, 0.15) is 18.8 Å². The molecule has 1 unspecified atom stereocenters. The number of halogens is 2. The van der Waals surface area contributed by atoms with Crippen molar-refractivity contribution < 1.29 is 9.18 Å². The molecule has 4 nitrogen and oxygen atoms in total. The minimum atomic E-state index is -0.431. The molecule has 0 aliphatic heterocycles. The van der Waals surface area contributed by atoms with Crippen molar-refractivity contribution in [1.29, 1.82) is 0 Å². The van der Waals surface area contributed by atoms with Gasteiger partial charge >= 0.3 is 0 Å². The molecule has 0 fully saturated rings. The van der Waals surface area contributed by atoms with Gasteiger partial charge in [0.05, 0.1) is 16.9 Å². The molecule has 1 atom stereocenters. The molecule has 0 N–H and O–H groups in total. The number of aromatic nitrogens is 2. The Morgan fingerprint density at radius 3 is 2.79 bits per heavy atom. The van der Waals surface area contributed by atoms with E-state index in [2.05, 4.69) is 4.98 Å². The third kappa shape index (κ3) is 2.42. The number of alkyl halides is 1. The highest BCUT2D eigenvalue weighted by atomic mass is 35.5. The van der Waals surface area contributed by atoms with Gasteiger partial charge in [-0.25, -0.2) is 9.37 Å². The quantitative estimate of drug-likeness (QED) is 0.812. The molecule has 2 rings (SSSR count). The third-order valence-electron chi connectivity index (χ3n) is 3.03. The van der Waals surface area contributed by atoms with E-state index in [0.717, 1.165) is 0 Å². The van der Waals surface area contributed by atoms with Crippen molar-refractivity contribution >= 4 is 28.5 Å². The molecule has 1 amide bonds. The fourth-order valence-electron chi connectivity index (χ4n) is 2.13. The first-order chi connectivity index (χ1) is 8.95. The first-order valence-corrected chi connectivity index (χ1v) is 6.42. The van der Waals surface area contributed by atoms with E-state index in [0.29, 0.717) is 16.9 Å². The topological polar surface area (TPSA) is 38.1 Å². The molecule has 1 aromatic carbocycles. The summed E-state index contributed by atoms with van der Waals surface area (Å²) in [5, 5.41) is 0. The zero-order valence-electron chi connectivity index (χ0n) is 11.0. The summed E-state index contributed by atoms with van der Waals surface area (Å²) < 4.78 is 15.0. The van der Waals surface area contributed by atoms with Crippen molar-refractivity contribution in [2.75, 3.05) is 14.1 Å². The molecule has 1 aromatic heterocycles. The fraction of sp³-hybridized carbons (Fsp3) is 0.385. The van der Waals surface area contributed by atoms with Crippen LogP contribution in [0, 0.1) is 5.82 Å². The Balaban J connectivity index is 2.60. The van der Waals surface area contributed by atoms with E-state index in [-0.39, 0.29) is 17.6 Å². The number of rotatable bonds is 3. The molecule has 6 heteroatoms. The first kappa shape index (κ1) is 13.8. The fourth-order valence-corrected chi connectivity index (χ4v) is 2.32. The van der Waals surface area contributed by atoms with E-state index in [1.54, 1.807) is 31.7 Å². The molecule has 0 aliphatic rings. The summed E-state index contributed by atoms with van der Waals surface area (Å²) >= 11 is 5.87. The van der Waals surface area contributed by atoms with E-state index in [9.17, 15) is 9.18 Å². The van der Waals surface area contributed by atoms with Crippen LogP contribution in [0.15, 0.2) is 18.2 Å². The minimum Gasteiger partial charge on any atom is -0.347 e. The Morgan fingerprint density at radius 2 is 2.21 bits per heavy atom. The highest BCUT2D eigenvalue weighted by molar-refractivity contribution is 6.16. The highest BCUT2D eigenvalue weighted by Gasteiger charge is 2.22. The van der Waals surface area contributed by atoms with E-state index >= 15 is 0 Å². The smallest absolute Gasteiger partial charge is 0.244 e. The normalized spacial score (nSPS) is 12.7. The lowest BCUT2D eigenvalue weighted by molar-refractivity contribution is -0.131. The van der Waals surface area contributed by atoms with Crippen molar-refractivity contribution in [3.63, 3.8) is 0 Å². The van der Waals surface area contributed by atoms with Gasteiger partial charge in [-0.3, -0.25) is 4.79 Å². The lowest BCUT2D eigenvalue weighted by Crippen LogP contribution is -2.30. The number of imidazole rings is 1. The molecule has 1 heterocycles. The number of hydrogen-bond acceptors (Lipinski definition) is 2. The predicted octanol–water partition coefficient (Wildman–Crippen LogP) is 2.56. The number of nitrogens with zero attached hydrogens (tertiary/aromatic N) is 3. The van der Waals surface area contributed by atoms with Gasteiger partial charge in [-0.15, -0.1) is 11.6 Å². The number of hydrogen-bond donors (Lipinski definition) is 0. The van der Waals surface area contributed by atoms with Crippen LogP contribution >= 0.6 is 11.6 Å². The van der Waals surface area contributed by atoms with Crippen LogP contribution in [0.5, 0.6) is 0 Å². The summed E-state index contributed by atoms with van der Waals surface area (Å²) in [4.78, 5) is 17.9. The molecule has 19 heavy (non-hydrogen) atoms. The second-order valence-corrected chi connectivity index (χ2v) is 4.84. The number of benzene rings is 1. The lowest BCUT2D eigenvalue weighted by Gasteiger charge is -2.20. The van der Waals surface area contributed by atoms with E-state index in [1.165, 1.54) is 17.0 Å². The summed E-state index contributed by atoms with van der Waals surface area (Å²) in [6.45, 7) is 1.78. The average molecular weight is 284 g/mol. The Kier molecular flexibility index (Phi) is 3.75. The average Bonchev–Trinajstić information content (AvgIpc) is 2.74. The van der Waals surface area contributed by atoms with Gasteiger partial charge in [0.1, 0.15) is 17.7 Å². The number of amides is 1. The van der Waals surface area contributed by atoms with Crippen molar-refractivity contribution in [2.45, 2.75) is 18.8 Å². The van der Waals surface area contributed by atoms with Crippen LogP contribution in [0.2, 0.25) is 0 Å². The Hall–Kier alpha value is -1.62. The molecular weight excluding hydrogens is 269 g/mol. The second kappa shape index (κ2) is 5.17. The van der Waals surface area contributed by atoms with E-state index < -0.39 is 6.04 Å². The van der Waals surface area contributed by atoms with E-state index in [4.69, 9.17) is 11.6 Å². The van der Waals surface area contributed by atoms with Gasteiger partial charge < -0.3 is 9.47 Å². The number of fused-ring (bicyclic) bond motifs is 1. The van der Waals surface area contributed by atoms with E-state index in [1.807, 2.05) is 0 Å². The van der Waals surface area contributed by atoms with Crippen LogP contribution < -0.4 is 0 Å². The summed E-state index contributed by atoms with van der Waals surface area (Å²) in [6.07, 6.45) is 0. The summed E-state index contributed by atoms with van der Waals surface area (Å²) in [5.74, 6) is 0.311. The molecule has 0 bridgehead atoms. The SMILES string of the molecule is CC(C(=O)N(C)C)n1c(CCl)nc2cc(F)ccc21. The molecule has 0 radical (unpaired) electrons. The maximum absolute atomic E-state index is 13.2. The lowest BCUT2D eigenvalue weighted by atomic mass is 10.2. The van der Waals surface area contributed by atoms with Crippen molar-refractivity contribution in [1.82, 2.24) is 14.5 Å². The molecule has 0 saturated heterocycles. The number of likely N-dealkylation sites (N-methyl/N-ethyl adjacent to an activating group) is 1. The van der Waals surface area contributed by atoms with Gasteiger partial charge in [0, 0.05) is 20.2 Å². The zero-order valence-corrected chi connectivity index (χ0v) is 11.8. The highest BCUT2D eigenvalue weighted by Crippen LogP contribution is 2.24. The molecule has 102 valence electrons. The Labute approximate surface area is 115 Å². The van der Waals surface area contributed by atoms with Gasteiger partial charge in [0.2, 0.25) is 5.91 Å². The van der Waals surface area contributed by atoms with Gasteiger partial charge in [-0.05, 0) is 19.1 Å². The van der Waals surface area contributed by atoms with Crippen LogP contribution in [-0.4, -0.2) is 34.5 Å². The van der Waals surface area contributed by atoms with Crippen LogP contribution in [0.4, 0.5) is 4.39 Å². The van der Waals surface area contributed by atoms with Gasteiger partial charge in [-0.2, -0.15) is 0 Å². The zero-order chi connectivity index (χ0) is 14.2. The maximum Gasteiger partial charge on any atom is 0.244 e. The van der Waals surface area contributed by atoms with Gasteiger partial charge in [-0.1, -0.05) is 0 Å². The summed E-state index contributed by atoms with van der Waals surface area (Å²) in [6, 6.07) is 3.88. The maximum atomic E-state index is 13.2. The first-order valence-electron chi connectivity index (χ1n) is 5.89. The largest absolute Gasteiger partial charge is 0.347 e. The van der Waals surface area contributed by atoms with Gasteiger partial charge in [0.15, 0.2) is 0 Å². The van der Waals surface area contributed by atoms with Crippen LogP contribution in [-0.2, 0) is 10.7 Å².